The van der Waals surface area contributed by atoms with Gasteiger partial charge in [-0.3, -0.25) is 14.4 Å². The van der Waals surface area contributed by atoms with Gasteiger partial charge in [0.1, 0.15) is 18.8 Å². The van der Waals surface area contributed by atoms with Gasteiger partial charge in [0.05, 0.1) is 6.61 Å². The molecule has 0 aromatic carbocycles. The SMILES string of the molecule is C.C.O=C(CCO)CC(=O)OCO.O=C(CO)CCO. The van der Waals surface area contributed by atoms with Crippen LogP contribution >= 0.6 is 0 Å². The number of aliphatic hydroxyl groups is 4. The van der Waals surface area contributed by atoms with E-state index in [1.807, 2.05) is 0 Å². The highest BCUT2D eigenvalue weighted by Gasteiger charge is 2.08. The van der Waals surface area contributed by atoms with Crippen molar-refractivity contribution >= 4 is 17.5 Å². The molecular formula is C12H26O8. The number of carbonyl (C=O) groups excluding carboxylic acids is 3. The Labute approximate surface area is 119 Å². The number of hydrogen-bond acceptors (Lipinski definition) is 8. The van der Waals surface area contributed by atoms with E-state index in [1.54, 1.807) is 0 Å². The van der Waals surface area contributed by atoms with Crippen LogP contribution in [0.5, 0.6) is 0 Å². The Hall–Kier alpha value is -1.35. The van der Waals surface area contributed by atoms with Gasteiger partial charge in [0.15, 0.2) is 12.6 Å². The minimum absolute atomic E-state index is 0. The van der Waals surface area contributed by atoms with Crippen molar-refractivity contribution in [3.05, 3.63) is 0 Å². The van der Waals surface area contributed by atoms with Crippen LogP contribution in [0.2, 0.25) is 0 Å². The molecule has 0 heterocycles. The van der Waals surface area contributed by atoms with Crippen molar-refractivity contribution in [3.63, 3.8) is 0 Å². The van der Waals surface area contributed by atoms with Crippen LogP contribution in [0.1, 0.15) is 34.1 Å². The summed E-state index contributed by atoms with van der Waals surface area (Å²) in [6.07, 6.45) is -0.377. The Balaban J connectivity index is -0.000000126. The van der Waals surface area contributed by atoms with E-state index < -0.39 is 25.2 Å². The van der Waals surface area contributed by atoms with E-state index in [0.717, 1.165) is 0 Å². The average molecular weight is 298 g/mol. The first-order valence-electron chi connectivity index (χ1n) is 5.14. The molecule has 20 heavy (non-hydrogen) atoms. The summed E-state index contributed by atoms with van der Waals surface area (Å²) >= 11 is 0. The maximum atomic E-state index is 10.6. The molecule has 0 aromatic rings. The van der Waals surface area contributed by atoms with Gasteiger partial charge in [-0.05, 0) is 0 Å². The van der Waals surface area contributed by atoms with E-state index in [2.05, 4.69) is 4.74 Å². The Bertz CT molecular complexity index is 236. The predicted molar refractivity (Wildman–Crippen MR) is 71.8 cm³/mol. The molecule has 0 aliphatic rings. The molecule has 4 N–H and O–H groups in total. The molecule has 0 saturated heterocycles. The summed E-state index contributed by atoms with van der Waals surface area (Å²) in [6.45, 7) is -1.61. The Kier molecular flexibility index (Phi) is 27.0. The van der Waals surface area contributed by atoms with Crippen LogP contribution in [0.15, 0.2) is 0 Å². The number of ether oxygens (including phenoxy) is 1. The third-order valence-corrected chi connectivity index (χ3v) is 1.52. The Morgan fingerprint density at radius 3 is 1.55 bits per heavy atom. The highest BCUT2D eigenvalue weighted by Crippen LogP contribution is 1.91. The number of hydrogen-bond donors (Lipinski definition) is 4. The lowest BCUT2D eigenvalue weighted by Gasteiger charge is -1.98. The molecular weight excluding hydrogens is 272 g/mol. The van der Waals surface area contributed by atoms with Gasteiger partial charge in [-0.2, -0.15) is 0 Å². The lowest BCUT2D eigenvalue weighted by molar-refractivity contribution is -0.153. The van der Waals surface area contributed by atoms with Crippen molar-refractivity contribution in [3.8, 4) is 0 Å². The zero-order chi connectivity index (χ0) is 14.4. The molecule has 0 amide bonds. The molecule has 0 unspecified atom stereocenters. The summed E-state index contributed by atoms with van der Waals surface area (Å²) in [5.41, 5.74) is 0. The molecule has 0 atom stereocenters. The summed E-state index contributed by atoms with van der Waals surface area (Å²) in [4.78, 5) is 31.0. The maximum absolute atomic E-state index is 10.6. The molecule has 0 saturated carbocycles. The fourth-order valence-electron chi connectivity index (χ4n) is 0.701. The van der Waals surface area contributed by atoms with Crippen LogP contribution < -0.4 is 0 Å². The molecule has 8 heteroatoms. The molecule has 0 radical (unpaired) electrons. The fraction of sp³-hybridized carbons (Fsp3) is 0.750. The topological polar surface area (TPSA) is 141 Å². The van der Waals surface area contributed by atoms with Gasteiger partial charge in [0.2, 0.25) is 0 Å². The molecule has 8 nitrogen and oxygen atoms in total. The van der Waals surface area contributed by atoms with Gasteiger partial charge in [0.25, 0.3) is 0 Å². The second kappa shape index (κ2) is 20.0. The summed E-state index contributed by atoms with van der Waals surface area (Å²) in [7, 11) is 0. The smallest absolute Gasteiger partial charge is 0.315 e. The van der Waals surface area contributed by atoms with E-state index in [1.165, 1.54) is 0 Å². The largest absolute Gasteiger partial charge is 0.438 e. The Morgan fingerprint density at radius 1 is 0.800 bits per heavy atom. The first-order valence-corrected chi connectivity index (χ1v) is 5.14. The van der Waals surface area contributed by atoms with Gasteiger partial charge in [-0.1, -0.05) is 14.9 Å². The summed E-state index contributed by atoms with van der Waals surface area (Å²) < 4.78 is 4.07. The second-order valence-electron chi connectivity index (χ2n) is 3.00. The van der Waals surface area contributed by atoms with Crippen molar-refractivity contribution < 1.29 is 39.5 Å². The number of rotatable bonds is 8. The fourth-order valence-corrected chi connectivity index (χ4v) is 0.701. The monoisotopic (exact) mass is 298 g/mol. The normalized spacial score (nSPS) is 8.20. The minimum atomic E-state index is -0.772. The van der Waals surface area contributed by atoms with Crippen molar-refractivity contribution in [1.29, 1.82) is 0 Å². The van der Waals surface area contributed by atoms with E-state index in [0.29, 0.717) is 0 Å². The van der Waals surface area contributed by atoms with Gasteiger partial charge < -0.3 is 25.2 Å². The number of carbonyl (C=O) groups is 3. The van der Waals surface area contributed by atoms with Crippen molar-refractivity contribution in [2.45, 2.75) is 34.1 Å². The molecule has 0 fully saturated rings. The zero-order valence-electron chi connectivity index (χ0n) is 9.87. The number of ketones is 2. The van der Waals surface area contributed by atoms with Gasteiger partial charge in [-0.15, -0.1) is 0 Å². The number of esters is 1. The standard InChI is InChI=1S/C6H10O5.C4H8O3.2CH4/c7-2-1-5(9)3-6(10)11-4-8;5-2-1-4(7)3-6;;/h7-8H,1-4H2;5-6H,1-3H2;2*1H4. The van der Waals surface area contributed by atoms with E-state index in [4.69, 9.17) is 20.4 Å². The van der Waals surface area contributed by atoms with Gasteiger partial charge in [0, 0.05) is 19.4 Å². The van der Waals surface area contributed by atoms with Crippen molar-refractivity contribution in [2.24, 2.45) is 0 Å². The van der Waals surface area contributed by atoms with Crippen molar-refractivity contribution in [1.82, 2.24) is 0 Å². The van der Waals surface area contributed by atoms with Crippen LogP contribution in [0.4, 0.5) is 0 Å². The molecule has 0 bridgehead atoms. The molecule has 122 valence electrons. The first kappa shape index (κ1) is 27.1. The second-order valence-corrected chi connectivity index (χ2v) is 3.00. The maximum Gasteiger partial charge on any atom is 0.315 e. The van der Waals surface area contributed by atoms with Crippen molar-refractivity contribution in [2.75, 3.05) is 26.6 Å². The van der Waals surface area contributed by atoms with E-state index >= 15 is 0 Å². The van der Waals surface area contributed by atoms with E-state index in [-0.39, 0.29) is 53.1 Å². The average Bonchev–Trinajstić information content (AvgIpc) is 2.30. The lowest BCUT2D eigenvalue weighted by atomic mass is 10.2. The first-order chi connectivity index (χ1) is 8.51. The van der Waals surface area contributed by atoms with Crippen LogP contribution in [0.3, 0.4) is 0 Å². The van der Waals surface area contributed by atoms with Crippen LogP contribution in [-0.4, -0.2) is 64.6 Å². The van der Waals surface area contributed by atoms with Crippen LogP contribution in [0.25, 0.3) is 0 Å². The lowest BCUT2D eigenvalue weighted by Crippen LogP contribution is -2.12. The predicted octanol–water partition coefficient (Wildman–Crippen LogP) is -0.977. The summed E-state index contributed by atoms with van der Waals surface area (Å²) in [5.74, 6) is -1.49. The number of Topliss-reactive ketones (excluding diaryl/α,β-unsaturated/α-hetero) is 2. The molecule has 0 rings (SSSR count). The Morgan fingerprint density at radius 2 is 1.25 bits per heavy atom. The third kappa shape index (κ3) is 21.9. The molecule has 0 aliphatic carbocycles. The van der Waals surface area contributed by atoms with Crippen LogP contribution in [0, 0.1) is 0 Å². The minimum Gasteiger partial charge on any atom is -0.438 e. The van der Waals surface area contributed by atoms with Crippen LogP contribution in [-0.2, 0) is 19.1 Å². The number of aliphatic hydroxyl groups excluding tert-OH is 4. The molecule has 0 aromatic heterocycles. The molecule has 0 aliphatic heterocycles. The summed E-state index contributed by atoms with van der Waals surface area (Å²) in [5, 5.41) is 32.4. The van der Waals surface area contributed by atoms with Gasteiger partial charge in [-0.25, -0.2) is 0 Å². The third-order valence-electron chi connectivity index (χ3n) is 1.52. The molecule has 0 spiro atoms. The van der Waals surface area contributed by atoms with E-state index in [9.17, 15) is 14.4 Å². The zero-order valence-corrected chi connectivity index (χ0v) is 9.87. The van der Waals surface area contributed by atoms with Gasteiger partial charge >= 0.3 is 5.97 Å². The highest BCUT2D eigenvalue weighted by molar-refractivity contribution is 5.95. The summed E-state index contributed by atoms with van der Waals surface area (Å²) in [6, 6.07) is 0. The highest BCUT2D eigenvalue weighted by atomic mass is 16.6. The quantitative estimate of drug-likeness (QED) is 0.254.